The number of halogens is 1. The van der Waals surface area contributed by atoms with Gasteiger partial charge in [0, 0.05) is 6.54 Å². The van der Waals surface area contributed by atoms with E-state index in [2.05, 4.69) is 0 Å². The summed E-state index contributed by atoms with van der Waals surface area (Å²) in [6, 6.07) is 0. The van der Waals surface area contributed by atoms with Gasteiger partial charge in [0.15, 0.2) is 0 Å². The molecule has 5 N–H and O–H groups in total. The van der Waals surface area contributed by atoms with Crippen LogP contribution in [-0.4, -0.2) is 73.9 Å². The van der Waals surface area contributed by atoms with Crippen molar-refractivity contribution in [3.8, 4) is 0 Å². The number of alkyl halides is 1. The zero-order chi connectivity index (χ0) is 13.2. The molecule has 0 bridgehead atoms. The van der Waals surface area contributed by atoms with Crippen LogP contribution in [0, 0.1) is 0 Å². The molecule has 0 aliphatic carbocycles. The van der Waals surface area contributed by atoms with Crippen molar-refractivity contribution in [3.05, 3.63) is 0 Å². The lowest BCUT2D eigenvalue weighted by molar-refractivity contribution is -0.294. The van der Waals surface area contributed by atoms with Crippen LogP contribution >= 0.6 is 0 Å². The molecule has 0 saturated carbocycles. The lowest BCUT2D eigenvalue weighted by Crippen LogP contribution is -2.72. The molecule has 17 heavy (non-hydrogen) atoms. The molecular weight excluding hydrogens is 233 g/mol. The summed E-state index contributed by atoms with van der Waals surface area (Å²) < 4.78 is 14.4. The first kappa shape index (κ1) is 14.7. The quantitative estimate of drug-likeness (QED) is 0.377. The standard InChI is InChI=1S/C10H20FNO5/c1-2-3-4-12-9(17)7(15)6(14)8(16)10(12,11)5-13/h6-9,13-17H,2-5H2,1H3/t6-,7-,8+,9?,10-/m1/s1. The number of hydrogen-bond acceptors (Lipinski definition) is 6. The highest BCUT2D eigenvalue weighted by Gasteiger charge is 2.57. The number of piperidine rings is 1. The molecule has 1 saturated heterocycles. The van der Waals surface area contributed by atoms with Gasteiger partial charge in [0.25, 0.3) is 0 Å². The van der Waals surface area contributed by atoms with Crippen LogP contribution in [0.3, 0.4) is 0 Å². The molecule has 6 nitrogen and oxygen atoms in total. The number of likely N-dealkylation sites (tertiary alicyclic amines) is 1. The van der Waals surface area contributed by atoms with E-state index in [1.807, 2.05) is 6.92 Å². The Balaban J connectivity index is 2.95. The highest BCUT2D eigenvalue weighted by Crippen LogP contribution is 2.33. The molecule has 0 aromatic carbocycles. The zero-order valence-electron chi connectivity index (χ0n) is 9.70. The van der Waals surface area contributed by atoms with Crippen molar-refractivity contribution in [3.63, 3.8) is 0 Å². The number of rotatable bonds is 4. The lowest BCUT2D eigenvalue weighted by Gasteiger charge is -2.50. The largest absolute Gasteiger partial charge is 0.391 e. The maximum absolute atomic E-state index is 14.4. The Bertz CT molecular complexity index is 257. The van der Waals surface area contributed by atoms with Crippen LogP contribution in [0.2, 0.25) is 0 Å². The van der Waals surface area contributed by atoms with Crippen LogP contribution in [0.5, 0.6) is 0 Å². The van der Waals surface area contributed by atoms with Gasteiger partial charge in [-0.15, -0.1) is 0 Å². The number of aliphatic hydroxyl groups is 5. The SMILES string of the molecule is CCCCN1C(O)[C@H](O)[C@@H](O)[C@H](O)[C@@]1(F)CO. The maximum atomic E-state index is 14.4. The van der Waals surface area contributed by atoms with Crippen molar-refractivity contribution in [1.82, 2.24) is 4.90 Å². The van der Waals surface area contributed by atoms with Gasteiger partial charge < -0.3 is 25.5 Å². The number of hydrogen-bond donors (Lipinski definition) is 5. The van der Waals surface area contributed by atoms with Crippen molar-refractivity contribution < 1.29 is 29.9 Å². The normalized spacial score (nSPS) is 43.9. The Labute approximate surface area is 98.9 Å². The Kier molecular flexibility index (Phi) is 4.82. The van der Waals surface area contributed by atoms with E-state index in [1.54, 1.807) is 0 Å². The summed E-state index contributed by atoms with van der Waals surface area (Å²) in [5, 5.41) is 47.1. The van der Waals surface area contributed by atoms with E-state index in [-0.39, 0.29) is 6.54 Å². The number of unbranched alkanes of at least 4 members (excludes halogenated alkanes) is 1. The first-order valence-corrected chi connectivity index (χ1v) is 5.69. The van der Waals surface area contributed by atoms with Crippen molar-refractivity contribution in [2.24, 2.45) is 0 Å². The average Bonchev–Trinajstić information content (AvgIpc) is 2.34. The zero-order valence-corrected chi connectivity index (χ0v) is 9.70. The Morgan fingerprint density at radius 2 is 1.76 bits per heavy atom. The van der Waals surface area contributed by atoms with Gasteiger partial charge in [0.2, 0.25) is 5.79 Å². The highest BCUT2D eigenvalue weighted by atomic mass is 19.1. The highest BCUT2D eigenvalue weighted by molar-refractivity contribution is 5.01. The smallest absolute Gasteiger partial charge is 0.217 e. The summed E-state index contributed by atoms with van der Waals surface area (Å²) in [5.41, 5.74) is 0. The molecular formula is C10H20FNO5. The van der Waals surface area contributed by atoms with Crippen molar-refractivity contribution >= 4 is 0 Å². The van der Waals surface area contributed by atoms with Crippen LogP contribution in [0.4, 0.5) is 4.39 Å². The first-order valence-electron chi connectivity index (χ1n) is 5.69. The molecule has 102 valence electrons. The predicted molar refractivity (Wildman–Crippen MR) is 56.6 cm³/mol. The summed E-state index contributed by atoms with van der Waals surface area (Å²) in [6.45, 7) is 0.852. The second kappa shape index (κ2) is 5.55. The van der Waals surface area contributed by atoms with Gasteiger partial charge in [-0.1, -0.05) is 13.3 Å². The number of aliphatic hydroxyl groups excluding tert-OH is 5. The van der Waals surface area contributed by atoms with Crippen molar-refractivity contribution in [2.45, 2.75) is 50.1 Å². The fourth-order valence-corrected chi connectivity index (χ4v) is 2.03. The topological polar surface area (TPSA) is 104 Å². The molecule has 0 amide bonds. The van der Waals surface area contributed by atoms with Gasteiger partial charge in [-0.05, 0) is 6.42 Å². The van der Waals surface area contributed by atoms with E-state index in [1.165, 1.54) is 0 Å². The molecule has 1 rings (SSSR count). The molecule has 1 aliphatic heterocycles. The summed E-state index contributed by atoms with van der Waals surface area (Å²) in [7, 11) is 0. The van der Waals surface area contributed by atoms with E-state index in [9.17, 15) is 24.8 Å². The Morgan fingerprint density at radius 3 is 2.24 bits per heavy atom. The molecule has 0 aromatic heterocycles. The van der Waals surface area contributed by atoms with Crippen LogP contribution < -0.4 is 0 Å². The summed E-state index contributed by atoms with van der Waals surface area (Å²) in [4.78, 5) is 0.790. The lowest BCUT2D eigenvalue weighted by atomic mass is 9.90. The minimum atomic E-state index is -2.65. The van der Waals surface area contributed by atoms with E-state index in [4.69, 9.17) is 5.11 Å². The van der Waals surface area contributed by atoms with Crippen molar-refractivity contribution in [1.29, 1.82) is 0 Å². The van der Waals surface area contributed by atoms with Gasteiger partial charge in [-0.3, -0.25) is 0 Å². The fraction of sp³-hybridized carbons (Fsp3) is 1.00. The average molecular weight is 253 g/mol. The molecule has 1 heterocycles. The van der Waals surface area contributed by atoms with Crippen LogP contribution in [0.25, 0.3) is 0 Å². The van der Waals surface area contributed by atoms with Crippen LogP contribution in [0.15, 0.2) is 0 Å². The third-order valence-corrected chi connectivity index (χ3v) is 3.20. The second-order valence-corrected chi connectivity index (χ2v) is 4.36. The molecule has 1 aliphatic rings. The van der Waals surface area contributed by atoms with E-state index >= 15 is 0 Å². The summed E-state index contributed by atoms with van der Waals surface area (Å²) in [6.07, 6.45) is -5.88. The molecule has 1 unspecified atom stereocenters. The summed E-state index contributed by atoms with van der Waals surface area (Å²) >= 11 is 0. The minimum absolute atomic E-state index is 0.0650. The molecule has 0 spiro atoms. The van der Waals surface area contributed by atoms with E-state index in [0.29, 0.717) is 6.42 Å². The van der Waals surface area contributed by atoms with Gasteiger partial charge in [-0.25, -0.2) is 9.29 Å². The van der Waals surface area contributed by atoms with Gasteiger partial charge >= 0.3 is 0 Å². The Morgan fingerprint density at radius 1 is 1.18 bits per heavy atom. The molecule has 5 atom stereocenters. The molecule has 7 heteroatoms. The molecule has 0 aromatic rings. The first-order chi connectivity index (χ1) is 7.90. The monoisotopic (exact) mass is 253 g/mol. The van der Waals surface area contributed by atoms with Crippen LogP contribution in [-0.2, 0) is 0 Å². The van der Waals surface area contributed by atoms with Gasteiger partial charge in [0.05, 0.1) is 6.61 Å². The fourth-order valence-electron chi connectivity index (χ4n) is 2.03. The van der Waals surface area contributed by atoms with Crippen molar-refractivity contribution in [2.75, 3.05) is 13.2 Å². The Hall–Kier alpha value is -0.310. The van der Waals surface area contributed by atoms with E-state index < -0.39 is 36.9 Å². The third-order valence-electron chi connectivity index (χ3n) is 3.20. The van der Waals surface area contributed by atoms with Crippen LogP contribution in [0.1, 0.15) is 19.8 Å². The number of nitrogens with zero attached hydrogens (tertiary/aromatic N) is 1. The summed E-state index contributed by atoms with van der Waals surface area (Å²) in [5.74, 6) is -2.65. The van der Waals surface area contributed by atoms with E-state index in [0.717, 1.165) is 11.3 Å². The second-order valence-electron chi connectivity index (χ2n) is 4.36. The van der Waals surface area contributed by atoms with Gasteiger partial charge in [0.1, 0.15) is 24.5 Å². The maximum Gasteiger partial charge on any atom is 0.217 e. The minimum Gasteiger partial charge on any atom is -0.391 e. The molecule has 1 fully saturated rings. The molecule has 0 radical (unpaired) electrons. The third kappa shape index (κ3) is 2.44. The van der Waals surface area contributed by atoms with Gasteiger partial charge in [-0.2, -0.15) is 0 Å². The predicted octanol–water partition coefficient (Wildman–Crippen LogP) is -1.84.